The molecule has 1 N–H and O–H groups in total. The number of carbonyl (C=O) groups is 1. The third-order valence-electron chi connectivity index (χ3n) is 4.21. The van der Waals surface area contributed by atoms with Crippen LogP contribution >= 0.6 is 11.6 Å². The van der Waals surface area contributed by atoms with E-state index in [1.807, 2.05) is 0 Å². The van der Waals surface area contributed by atoms with Crippen LogP contribution in [0.2, 0.25) is 5.02 Å². The molecule has 2 heterocycles. The third-order valence-corrected chi connectivity index (χ3v) is 4.49. The van der Waals surface area contributed by atoms with E-state index in [1.165, 1.54) is 24.4 Å². The second-order valence-electron chi connectivity index (χ2n) is 6.09. The first-order chi connectivity index (χ1) is 12.0. The number of likely N-dealkylation sites (tertiary alicyclic amines) is 1. The topological polar surface area (TPSA) is 62.4 Å². The molecule has 0 aliphatic carbocycles. The molecule has 7 heteroatoms. The Labute approximate surface area is 149 Å². The molecule has 1 fully saturated rings. The van der Waals surface area contributed by atoms with Crippen molar-refractivity contribution in [2.24, 2.45) is 5.92 Å². The number of aromatic nitrogens is 1. The van der Waals surface area contributed by atoms with E-state index in [4.69, 9.17) is 16.3 Å². The van der Waals surface area contributed by atoms with E-state index in [-0.39, 0.29) is 22.7 Å². The molecule has 1 aromatic carbocycles. The molecule has 1 amide bonds. The van der Waals surface area contributed by atoms with E-state index in [0.29, 0.717) is 31.0 Å². The number of H-pyrrole nitrogens is 1. The molecule has 25 heavy (non-hydrogen) atoms. The van der Waals surface area contributed by atoms with Crippen molar-refractivity contribution < 1.29 is 13.9 Å². The van der Waals surface area contributed by atoms with Gasteiger partial charge in [0, 0.05) is 25.2 Å². The first-order valence-electron chi connectivity index (χ1n) is 8.09. The Bertz CT molecular complexity index is 807. The highest BCUT2D eigenvalue weighted by Crippen LogP contribution is 2.21. The second kappa shape index (κ2) is 7.70. The van der Waals surface area contributed by atoms with Crippen LogP contribution in [0, 0.1) is 11.7 Å². The summed E-state index contributed by atoms with van der Waals surface area (Å²) in [5.41, 5.74) is -0.0489. The number of hydrogen-bond donors (Lipinski definition) is 1. The average Bonchev–Trinajstić information content (AvgIpc) is 2.63. The number of nitrogens with one attached hydrogen (secondary N) is 1. The van der Waals surface area contributed by atoms with E-state index >= 15 is 0 Å². The Balaban J connectivity index is 1.60. The number of pyridine rings is 1. The second-order valence-corrected chi connectivity index (χ2v) is 6.50. The lowest BCUT2D eigenvalue weighted by Crippen LogP contribution is -2.41. The zero-order valence-corrected chi connectivity index (χ0v) is 14.3. The van der Waals surface area contributed by atoms with Gasteiger partial charge < -0.3 is 14.6 Å². The fourth-order valence-electron chi connectivity index (χ4n) is 2.89. The van der Waals surface area contributed by atoms with Crippen molar-refractivity contribution in [1.29, 1.82) is 0 Å². The molecule has 3 rings (SSSR count). The summed E-state index contributed by atoms with van der Waals surface area (Å²) in [5.74, 6) is 0.337. The first kappa shape index (κ1) is 17.5. The summed E-state index contributed by atoms with van der Waals surface area (Å²) in [6, 6.07) is 7.27. The van der Waals surface area contributed by atoms with Gasteiger partial charge >= 0.3 is 0 Å². The zero-order valence-electron chi connectivity index (χ0n) is 13.5. The number of aromatic amines is 1. The summed E-state index contributed by atoms with van der Waals surface area (Å²) >= 11 is 5.79. The van der Waals surface area contributed by atoms with E-state index in [9.17, 15) is 14.0 Å². The average molecular weight is 365 g/mol. The highest BCUT2D eigenvalue weighted by Gasteiger charge is 2.25. The normalized spacial score (nSPS) is 17.4. The predicted octanol–water partition coefficient (Wildman–Crippen LogP) is 3.10. The predicted molar refractivity (Wildman–Crippen MR) is 92.6 cm³/mol. The molecule has 1 aliphatic heterocycles. The van der Waals surface area contributed by atoms with Gasteiger partial charge in [0.25, 0.3) is 11.5 Å². The third kappa shape index (κ3) is 4.39. The molecule has 1 aromatic heterocycles. The summed E-state index contributed by atoms with van der Waals surface area (Å²) in [6.45, 7) is 1.68. The molecule has 1 atom stereocenters. The van der Waals surface area contributed by atoms with E-state index < -0.39 is 5.56 Å². The van der Waals surface area contributed by atoms with Crippen LogP contribution in [0.5, 0.6) is 5.75 Å². The van der Waals surface area contributed by atoms with Gasteiger partial charge in [0.05, 0.1) is 12.2 Å². The van der Waals surface area contributed by atoms with Crippen LogP contribution in [0.1, 0.15) is 23.2 Å². The molecule has 132 valence electrons. The summed E-state index contributed by atoms with van der Waals surface area (Å²) in [4.78, 5) is 28.1. The van der Waals surface area contributed by atoms with Crippen LogP contribution in [0.4, 0.5) is 4.39 Å². The summed E-state index contributed by atoms with van der Waals surface area (Å²) < 4.78 is 18.6. The maximum atomic E-state index is 12.9. The standard InChI is InChI=1S/C18H18ClFN2O3/c19-16-8-13(9-21-17(16)23)18(24)22-7-1-2-12(10-22)11-25-15-5-3-14(20)4-6-15/h3-6,8-9,12H,1-2,7,10-11H2,(H,21,23)/t12-/m1/s1. The maximum Gasteiger partial charge on any atom is 0.266 e. The largest absolute Gasteiger partial charge is 0.493 e. The number of piperidine rings is 1. The first-order valence-corrected chi connectivity index (χ1v) is 8.46. The SMILES string of the molecule is O=C(c1c[nH]c(=O)c(Cl)c1)N1CCC[C@@H](COc2ccc(F)cc2)C1. The molecule has 0 radical (unpaired) electrons. The molecule has 0 saturated carbocycles. The lowest BCUT2D eigenvalue weighted by atomic mass is 9.98. The minimum atomic E-state index is -0.414. The number of halogens is 2. The van der Waals surface area contributed by atoms with E-state index in [0.717, 1.165) is 12.8 Å². The number of carbonyl (C=O) groups excluding carboxylic acids is 1. The van der Waals surface area contributed by atoms with Crippen LogP contribution in [-0.4, -0.2) is 35.5 Å². The van der Waals surface area contributed by atoms with Gasteiger partial charge in [0.15, 0.2) is 0 Å². The molecule has 0 bridgehead atoms. The fourth-order valence-corrected chi connectivity index (χ4v) is 3.06. The van der Waals surface area contributed by atoms with Gasteiger partial charge in [-0.1, -0.05) is 11.6 Å². The molecule has 0 unspecified atom stereocenters. The van der Waals surface area contributed by atoms with Crippen molar-refractivity contribution in [1.82, 2.24) is 9.88 Å². The zero-order chi connectivity index (χ0) is 17.8. The van der Waals surface area contributed by atoms with Crippen LogP contribution in [-0.2, 0) is 0 Å². The number of amides is 1. The highest BCUT2D eigenvalue weighted by atomic mass is 35.5. The molecule has 1 aliphatic rings. The van der Waals surface area contributed by atoms with Gasteiger partial charge in [-0.15, -0.1) is 0 Å². The van der Waals surface area contributed by atoms with Crippen molar-refractivity contribution >= 4 is 17.5 Å². The molecular formula is C18H18ClFN2O3. The molecule has 0 spiro atoms. The van der Waals surface area contributed by atoms with Gasteiger partial charge in [-0.25, -0.2) is 4.39 Å². The minimum absolute atomic E-state index is 0.000877. The lowest BCUT2D eigenvalue weighted by Gasteiger charge is -2.32. The Morgan fingerprint density at radius 3 is 2.84 bits per heavy atom. The van der Waals surface area contributed by atoms with Gasteiger partial charge in [0.1, 0.15) is 16.6 Å². The number of hydrogen-bond acceptors (Lipinski definition) is 3. The Kier molecular flexibility index (Phi) is 5.38. The van der Waals surface area contributed by atoms with Crippen molar-refractivity contribution in [3.05, 3.63) is 63.3 Å². The lowest BCUT2D eigenvalue weighted by molar-refractivity contribution is 0.0633. The Hall–Kier alpha value is -2.34. The number of nitrogens with zero attached hydrogens (tertiary/aromatic N) is 1. The van der Waals surface area contributed by atoms with Crippen LogP contribution in [0.15, 0.2) is 41.3 Å². The monoisotopic (exact) mass is 364 g/mol. The van der Waals surface area contributed by atoms with Crippen molar-refractivity contribution in [2.45, 2.75) is 12.8 Å². The smallest absolute Gasteiger partial charge is 0.266 e. The molecule has 1 saturated heterocycles. The van der Waals surface area contributed by atoms with Gasteiger partial charge in [0.2, 0.25) is 0 Å². The van der Waals surface area contributed by atoms with Crippen molar-refractivity contribution in [3.63, 3.8) is 0 Å². The van der Waals surface area contributed by atoms with E-state index in [2.05, 4.69) is 4.98 Å². The maximum absolute atomic E-state index is 12.9. The van der Waals surface area contributed by atoms with Crippen LogP contribution in [0.25, 0.3) is 0 Å². The highest BCUT2D eigenvalue weighted by molar-refractivity contribution is 6.30. The Morgan fingerprint density at radius 2 is 2.12 bits per heavy atom. The van der Waals surface area contributed by atoms with E-state index in [1.54, 1.807) is 17.0 Å². The molecular weight excluding hydrogens is 347 g/mol. The number of rotatable bonds is 4. The van der Waals surface area contributed by atoms with Crippen molar-refractivity contribution in [3.8, 4) is 5.75 Å². The van der Waals surface area contributed by atoms with Gasteiger partial charge in [-0.2, -0.15) is 0 Å². The number of ether oxygens (including phenoxy) is 1. The fraction of sp³-hybridized carbons (Fsp3) is 0.333. The quantitative estimate of drug-likeness (QED) is 0.906. The molecule has 5 nitrogen and oxygen atoms in total. The van der Waals surface area contributed by atoms with Gasteiger partial charge in [-0.3, -0.25) is 9.59 Å². The molecule has 2 aromatic rings. The summed E-state index contributed by atoms with van der Waals surface area (Å²) in [6.07, 6.45) is 3.22. The van der Waals surface area contributed by atoms with Gasteiger partial charge in [-0.05, 0) is 43.2 Å². The Morgan fingerprint density at radius 1 is 1.36 bits per heavy atom. The summed E-state index contributed by atoms with van der Waals surface area (Å²) in [5, 5.41) is -0.000877. The van der Waals surface area contributed by atoms with Crippen molar-refractivity contribution in [2.75, 3.05) is 19.7 Å². The number of benzene rings is 1. The van der Waals surface area contributed by atoms with Crippen LogP contribution in [0.3, 0.4) is 0 Å². The summed E-state index contributed by atoms with van der Waals surface area (Å²) in [7, 11) is 0. The van der Waals surface area contributed by atoms with Crippen LogP contribution < -0.4 is 10.3 Å². The minimum Gasteiger partial charge on any atom is -0.493 e.